The summed E-state index contributed by atoms with van der Waals surface area (Å²) in [5.41, 5.74) is 1.76. The van der Waals surface area contributed by atoms with Gasteiger partial charge < -0.3 is 10.1 Å². The van der Waals surface area contributed by atoms with Crippen LogP contribution in [0, 0.1) is 0 Å². The Kier molecular flexibility index (Phi) is 6.06. The second-order valence-corrected chi connectivity index (χ2v) is 5.91. The number of likely N-dealkylation sites (N-methyl/N-ethyl adjacent to an activating group) is 1. The fourth-order valence-electron chi connectivity index (χ4n) is 3.62. The number of hydrogen-bond donors (Lipinski definition) is 1. The molecule has 0 radical (unpaired) electrons. The van der Waals surface area contributed by atoms with E-state index in [-0.39, 0.29) is 5.41 Å². The molecule has 112 valence electrons. The topological polar surface area (TPSA) is 21.3 Å². The molecule has 0 amide bonds. The van der Waals surface area contributed by atoms with Gasteiger partial charge in [-0.1, -0.05) is 57.0 Å². The van der Waals surface area contributed by atoms with E-state index in [4.69, 9.17) is 4.74 Å². The lowest BCUT2D eigenvalue weighted by Crippen LogP contribution is -2.50. The highest BCUT2D eigenvalue weighted by Crippen LogP contribution is 2.43. The van der Waals surface area contributed by atoms with Gasteiger partial charge >= 0.3 is 0 Å². The van der Waals surface area contributed by atoms with Crippen molar-refractivity contribution < 1.29 is 4.74 Å². The average Bonchev–Trinajstić information content (AvgIpc) is 2.98. The first-order valence-electron chi connectivity index (χ1n) is 8.20. The molecule has 1 N–H and O–H groups in total. The molecule has 0 aliphatic heterocycles. The molecule has 0 saturated heterocycles. The van der Waals surface area contributed by atoms with Crippen molar-refractivity contribution in [2.45, 2.75) is 57.4 Å². The van der Waals surface area contributed by atoms with Gasteiger partial charge in [0, 0.05) is 18.1 Å². The summed E-state index contributed by atoms with van der Waals surface area (Å²) in [5.74, 6) is 0. The van der Waals surface area contributed by atoms with Gasteiger partial charge in [-0.25, -0.2) is 0 Å². The summed E-state index contributed by atoms with van der Waals surface area (Å²) in [6.07, 6.45) is 6.33. The van der Waals surface area contributed by atoms with Crippen LogP contribution in [0.25, 0.3) is 0 Å². The summed E-state index contributed by atoms with van der Waals surface area (Å²) < 4.78 is 5.89. The van der Waals surface area contributed by atoms with Crippen LogP contribution in [-0.2, 0) is 10.2 Å². The van der Waals surface area contributed by atoms with Crippen molar-refractivity contribution >= 4 is 0 Å². The van der Waals surface area contributed by atoms with Crippen LogP contribution in [0.5, 0.6) is 0 Å². The van der Waals surface area contributed by atoms with Crippen molar-refractivity contribution in [3.05, 3.63) is 35.9 Å². The van der Waals surface area contributed by atoms with E-state index < -0.39 is 0 Å². The third-order valence-electron chi connectivity index (χ3n) is 4.60. The molecular weight excluding hydrogens is 246 g/mol. The normalized spacial score (nSPS) is 19.1. The van der Waals surface area contributed by atoms with Gasteiger partial charge in [0.15, 0.2) is 0 Å². The van der Waals surface area contributed by atoms with Gasteiger partial charge in [0.05, 0.1) is 6.61 Å². The first kappa shape index (κ1) is 15.5. The minimum absolute atomic E-state index is 0.269. The van der Waals surface area contributed by atoms with Crippen LogP contribution in [0.2, 0.25) is 0 Å². The van der Waals surface area contributed by atoms with Gasteiger partial charge in [0.2, 0.25) is 0 Å². The number of hydrogen-bond acceptors (Lipinski definition) is 2. The van der Waals surface area contributed by atoms with Crippen molar-refractivity contribution in [3.63, 3.8) is 0 Å². The molecule has 1 aliphatic rings. The Morgan fingerprint density at radius 1 is 1.15 bits per heavy atom. The SMILES string of the molecule is CCCOCC(NCC)C1(c2ccccc2)CCCC1. The van der Waals surface area contributed by atoms with E-state index in [2.05, 4.69) is 49.5 Å². The minimum atomic E-state index is 0.269. The molecule has 1 aromatic carbocycles. The van der Waals surface area contributed by atoms with Crippen molar-refractivity contribution in [2.75, 3.05) is 19.8 Å². The Bertz CT molecular complexity index is 370. The van der Waals surface area contributed by atoms with Gasteiger partial charge in [0.1, 0.15) is 0 Å². The lowest BCUT2D eigenvalue weighted by molar-refractivity contribution is 0.0844. The van der Waals surface area contributed by atoms with Gasteiger partial charge in [-0.2, -0.15) is 0 Å². The summed E-state index contributed by atoms with van der Waals surface area (Å²) in [7, 11) is 0. The third kappa shape index (κ3) is 3.42. The van der Waals surface area contributed by atoms with E-state index in [1.807, 2.05) is 0 Å². The first-order chi connectivity index (χ1) is 9.83. The van der Waals surface area contributed by atoms with Gasteiger partial charge in [0.25, 0.3) is 0 Å². The molecule has 1 fully saturated rings. The van der Waals surface area contributed by atoms with E-state index in [1.165, 1.54) is 31.2 Å². The van der Waals surface area contributed by atoms with Crippen LogP contribution in [0.1, 0.15) is 51.5 Å². The maximum absolute atomic E-state index is 5.89. The number of ether oxygens (including phenoxy) is 1. The highest BCUT2D eigenvalue weighted by atomic mass is 16.5. The minimum Gasteiger partial charge on any atom is -0.380 e. The van der Waals surface area contributed by atoms with Crippen molar-refractivity contribution in [1.82, 2.24) is 5.32 Å². The monoisotopic (exact) mass is 275 g/mol. The second-order valence-electron chi connectivity index (χ2n) is 5.91. The predicted molar refractivity (Wildman–Crippen MR) is 85.2 cm³/mol. The Hall–Kier alpha value is -0.860. The van der Waals surface area contributed by atoms with Crippen molar-refractivity contribution in [1.29, 1.82) is 0 Å². The van der Waals surface area contributed by atoms with E-state index >= 15 is 0 Å². The molecule has 1 aliphatic carbocycles. The predicted octanol–water partition coefficient (Wildman–Crippen LogP) is 3.90. The zero-order chi connectivity index (χ0) is 14.3. The quantitative estimate of drug-likeness (QED) is 0.726. The summed E-state index contributed by atoms with van der Waals surface area (Å²) in [6.45, 7) is 7.07. The summed E-state index contributed by atoms with van der Waals surface area (Å²) in [6, 6.07) is 11.5. The van der Waals surface area contributed by atoms with Gasteiger partial charge in [-0.15, -0.1) is 0 Å². The molecule has 0 bridgehead atoms. The highest BCUT2D eigenvalue weighted by molar-refractivity contribution is 5.29. The molecule has 1 unspecified atom stereocenters. The standard InChI is InChI=1S/C18H29NO/c1-3-14-20-15-17(19-4-2)18(12-8-9-13-18)16-10-6-5-7-11-16/h5-7,10-11,17,19H,3-4,8-9,12-15H2,1-2H3. The van der Waals surface area contributed by atoms with Gasteiger partial charge in [-0.3, -0.25) is 0 Å². The fourth-order valence-corrected chi connectivity index (χ4v) is 3.62. The Labute approximate surface area is 123 Å². The summed E-state index contributed by atoms with van der Waals surface area (Å²) in [5, 5.41) is 3.70. The molecule has 1 saturated carbocycles. The third-order valence-corrected chi connectivity index (χ3v) is 4.60. The molecule has 20 heavy (non-hydrogen) atoms. The molecule has 2 nitrogen and oxygen atoms in total. The smallest absolute Gasteiger partial charge is 0.0628 e. The largest absolute Gasteiger partial charge is 0.380 e. The Balaban J connectivity index is 2.19. The molecule has 1 aromatic rings. The second kappa shape index (κ2) is 7.80. The van der Waals surface area contributed by atoms with Crippen molar-refractivity contribution in [2.24, 2.45) is 0 Å². The van der Waals surface area contributed by atoms with Crippen LogP contribution in [0.4, 0.5) is 0 Å². The number of nitrogens with one attached hydrogen (secondary N) is 1. The zero-order valence-electron chi connectivity index (χ0n) is 13.0. The van der Waals surface area contributed by atoms with Crippen LogP contribution in [-0.4, -0.2) is 25.8 Å². The summed E-state index contributed by atoms with van der Waals surface area (Å²) in [4.78, 5) is 0. The van der Waals surface area contributed by atoms with Crippen LogP contribution in [0.15, 0.2) is 30.3 Å². The lowest BCUT2D eigenvalue weighted by atomic mass is 9.73. The molecule has 0 spiro atoms. The fraction of sp³-hybridized carbons (Fsp3) is 0.667. The van der Waals surface area contributed by atoms with E-state index in [9.17, 15) is 0 Å². The maximum Gasteiger partial charge on any atom is 0.0628 e. The van der Waals surface area contributed by atoms with Crippen LogP contribution in [0.3, 0.4) is 0 Å². The van der Waals surface area contributed by atoms with Crippen LogP contribution < -0.4 is 5.32 Å². The zero-order valence-corrected chi connectivity index (χ0v) is 13.0. The molecule has 2 rings (SSSR count). The molecule has 1 atom stereocenters. The van der Waals surface area contributed by atoms with Crippen LogP contribution >= 0.6 is 0 Å². The lowest BCUT2D eigenvalue weighted by Gasteiger charge is -2.38. The molecular formula is C18H29NO. The molecule has 0 aromatic heterocycles. The molecule has 2 heteroatoms. The summed E-state index contributed by atoms with van der Waals surface area (Å²) >= 11 is 0. The average molecular weight is 275 g/mol. The van der Waals surface area contributed by atoms with Crippen molar-refractivity contribution in [3.8, 4) is 0 Å². The maximum atomic E-state index is 5.89. The number of benzene rings is 1. The first-order valence-corrected chi connectivity index (χ1v) is 8.20. The number of rotatable bonds is 8. The molecule has 0 heterocycles. The van der Waals surface area contributed by atoms with Gasteiger partial charge in [-0.05, 0) is 31.4 Å². The van der Waals surface area contributed by atoms with E-state index in [0.717, 1.165) is 26.2 Å². The van der Waals surface area contributed by atoms with E-state index in [1.54, 1.807) is 0 Å². The highest BCUT2D eigenvalue weighted by Gasteiger charge is 2.42. The Morgan fingerprint density at radius 2 is 1.85 bits per heavy atom. The van der Waals surface area contributed by atoms with E-state index in [0.29, 0.717) is 6.04 Å². The Morgan fingerprint density at radius 3 is 2.45 bits per heavy atom.